The lowest BCUT2D eigenvalue weighted by Gasteiger charge is -2.24. The van der Waals surface area contributed by atoms with Crippen molar-refractivity contribution in [2.45, 2.75) is 26.2 Å². The lowest BCUT2D eigenvalue weighted by Crippen LogP contribution is -2.26. The Kier molecular flexibility index (Phi) is 4.49. The second kappa shape index (κ2) is 6.13. The molecule has 0 bridgehead atoms. The predicted octanol–water partition coefficient (Wildman–Crippen LogP) is 3.51. The maximum absolute atomic E-state index is 5.82. The lowest BCUT2D eigenvalue weighted by atomic mass is 9.91. The van der Waals surface area contributed by atoms with Crippen LogP contribution in [-0.4, -0.2) is 18.1 Å². The molecule has 2 rings (SSSR count). The summed E-state index contributed by atoms with van der Waals surface area (Å²) >= 11 is 1.77. The fourth-order valence-corrected chi connectivity index (χ4v) is 2.72. The number of rotatable bonds is 6. The van der Waals surface area contributed by atoms with E-state index < -0.39 is 0 Å². The molecule has 0 saturated carbocycles. The van der Waals surface area contributed by atoms with E-state index in [1.165, 1.54) is 4.88 Å². The average Bonchev–Trinajstić information content (AvgIpc) is 2.95. The Hall–Kier alpha value is -1.75. The van der Waals surface area contributed by atoms with E-state index in [1.807, 2.05) is 19.1 Å². The zero-order valence-corrected chi connectivity index (χ0v) is 13.0. The second-order valence-corrected chi connectivity index (χ2v) is 6.19. The molecule has 0 amide bonds. The molecule has 3 N–H and O–H groups in total. The molecule has 0 fully saturated rings. The number of aromatic nitrogens is 1. The van der Waals surface area contributed by atoms with Crippen molar-refractivity contribution < 1.29 is 4.74 Å². The Morgan fingerprint density at radius 2 is 2.15 bits per heavy atom. The molecule has 0 aliphatic rings. The van der Waals surface area contributed by atoms with Crippen molar-refractivity contribution in [1.29, 1.82) is 0 Å². The molecule has 0 aliphatic heterocycles. The highest BCUT2D eigenvalue weighted by Gasteiger charge is 2.21. The molecular weight excluding hydrogens is 270 g/mol. The molecule has 0 unspecified atom stereocenters. The fourth-order valence-electron chi connectivity index (χ4n) is 1.86. The van der Waals surface area contributed by atoms with E-state index in [-0.39, 0.29) is 5.41 Å². The summed E-state index contributed by atoms with van der Waals surface area (Å²) in [6.07, 6.45) is 0. The van der Waals surface area contributed by atoms with Crippen LogP contribution in [0.25, 0.3) is 0 Å². The van der Waals surface area contributed by atoms with Gasteiger partial charge in [-0.05, 0) is 30.5 Å². The van der Waals surface area contributed by atoms with Crippen LogP contribution in [0.5, 0.6) is 5.88 Å². The van der Waals surface area contributed by atoms with Gasteiger partial charge in [-0.15, -0.1) is 11.3 Å². The Bertz CT molecular complexity index is 552. The van der Waals surface area contributed by atoms with Gasteiger partial charge in [-0.25, -0.2) is 0 Å². The number of pyridine rings is 1. The van der Waals surface area contributed by atoms with E-state index in [4.69, 9.17) is 10.5 Å². The van der Waals surface area contributed by atoms with Gasteiger partial charge in [0, 0.05) is 16.8 Å². The number of hydrogen-bond donors (Lipinski definition) is 2. The molecule has 20 heavy (non-hydrogen) atoms. The maximum Gasteiger partial charge on any atom is 0.239 e. The highest BCUT2D eigenvalue weighted by molar-refractivity contribution is 7.10. The first-order valence-corrected chi connectivity index (χ1v) is 7.58. The lowest BCUT2D eigenvalue weighted by molar-refractivity contribution is 0.329. The van der Waals surface area contributed by atoms with E-state index in [0.29, 0.717) is 18.2 Å². The Morgan fingerprint density at radius 1 is 1.35 bits per heavy atom. The molecule has 0 atom stereocenters. The minimum absolute atomic E-state index is 0.0585. The predicted molar refractivity (Wildman–Crippen MR) is 85.7 cm³/mol. The normalized spacial score (nSPS) is 11.3. The SMILES string of the molecule is CCOc1nc(NCC(C)(C)c2cccs2)ccc1N. The van der Waals surface area contributed by atoms with Crippen LogP contribution in [0.3, 0.4) is 0 Å². The fraction of sp³-hybridized carbons (Fsp3) is 0.400. The highest BCUT2D eigenvalue weighted by Crippen LogP contribution is 2.28. The third-order valence-corrected chi connectivity index (χ3v) is 4.31. The van der Waals surface area contributed by atoms with Crippen LogP contribution in [-0.2, 0) is 5.41 Å². The Morgan fingerprint density at radius 3 is 2.80 bits per heavy atom. The molecule has 0 spiro atoms. The summed E-state index contributed by atoms with van der Waals surface area (Å²) in [4.78, 5) is 5.74. The van der Waals surface area contributed by atoms with Crippen molar-refractivity contribution in [3.63, 3.8) is 0 Å². The summed E-state index contributed by atoms with van der Waals surface area (Å²) in [6.45, 7) is 7.71. The van der Waals surface area contributed by atoms with Crippen LogP contribution in [0.2, 0.25) is 0 Å². The second-order valence-electron chi connectivity index (χ2n) is 5.24. The van der Waals surface area contributed by atoms with Crippen molar-refractivity contribution in [2.75, 3.05) is 24.2 Å². The molecule has 4 nitrogen and oxygen atoms in total. The van der Waals surface area contributed by atoms with E-state index in [1.54, 1.807) is 11.3 Å². The molecule has 0 aromatic carbocycles. The monoisotopic (exact) mass is 291 g/mol. The number of thiophene rings is 1. The largest absolute Gasteiger partial charge is 0.476 e. The zero-order valence-electron chi connectivity index (χ0n) is 12.1. The topological polar surface area (TPSA) is 60.2 Å². The van der Waals surface area contributed by atoms with Crippen molar-refractivity contribution in [2.24, 2.45) is 0 Å². The molecule has 2 heterocycles. The van der Waals surface area contributed by atoms with Crippen molar-refractivity contribution in [1.82, 2.24) is 4.98 Å². The molecule has 0 radical (unpaired) electrons. The van der Waals surface area contributed by atoms with Gasteiger partial charge in [0.05, 0.1) is 12.3 Å². The first-order chi connectivity index (χ1) is 9.53. The number of ether oxygens (including phenoxy) is 1. The smallest absolute Gasteiger partial charge is 0.239 e. The van der Waals surface area contributed by atoms with Crippen LogP contribution in [0.15, 0.2) is 29.6 Å². The van der Waals surface area contributed by atoms with Crippen LogP contribution in [0.1, 0.15) is 25.6 Å². The van der Waals surface area contributed by atoms with Crippen LogP contribution >= 0.6 is 11.3 Å². The number of nitrogen functional groups attached to an aromatic ring is 1. The molecule has 0 aliphatic carbocycles. The molecule has 0 saturated heterocycles. The number of nitrogens with zero attached hydrogens (tertiary/aromatic N) is 1. The summed E-state index contributed by atoms with van der Waals surface area (Å²) in [7, 11) is 0. The van der Waals surface area contributed by atoms with Gasteiger partial charge in [-0.2, -0.15) is 4.98 Å². The highest BCUT2D eigenvalue weighted by atomic mass is 32.1. The van der Waals surface area contributed by atoms with Gasteiger partial charge in [-0.1, -0.05) is 19.9 Å². The van der Waals surface area contributed by atoms with Gasteiger partial charge in [0.25, 0.3) is 0 Å². The molecular formula is C15H21N3OS. The standard InChI is InChI=1S/C15H21N3OS/c1-4-19-14-11(16)7-8-13(18-14)17-10-15(2,3)12-6-5-9-20-12/h5-9H,4,10,16H2,1-3H3,(H,17,18). The zero-order chi connectivity index (χ0) is 14.6. The number of nitrogens with two attached hydrogens (primary N) is 1. The minimum atomic E-state index is 0.0585. The summed E-state index contributed by atoms with van der Waals surface area (Å²) in [5.74, 6) is 1.28. The van der Waals surface area contributed by atoms with Gasteiger partial charge in [0.2, 0.25) is 5.88 Å². The van der Waals surface area contributed by atoms with Gasteiger partial charge in [0.15, 0.2) is 0 Å². The van der Waals surface area contributed by atoms with E-state index in [0.717, 1.165) is 12.4 Å². The summed E-state index contributed by atoms with van der Waals surface area (Å²) in [6, 6.07) is 7.94. The first-order valence-electron chi connectivity index (χ1n) is 6.70. The molecule has 5 heteroatoms. The number of hydrogen-bond acceptors (Lipinski definition) is 5. The quantitative estimate of drug-likeness (QED) is 0.855. The average molecular weight is 291 g/mol. The Labute approximate surface area is 124 Å². The van der Waals surface area contributed by atoms with E-state index >= 15 is 0 Å². The van der Waals surface area contributed by atoms with Gasteiger partial charge >= 0.3 is 0 Å². The van der Waals surface area contributed by atoms with Gasteiger partial charge in [0.1, 0.15) is 5.82 Å². The van der Waals surface area contributed by atoms with E-state index in [2.05, 4.69) is 41.7 Å². The number of nitrogens with one attached hydrogen (secondary N) is 1. The Balaban J connectivity index is 2.05. The maximum atomic E-state index is 5.82. The van der Waals surface area contributed by atoms with Crippen LogP contribution < -0.4 is 15.8 Å². The van der Waals surface area contributed by atoms with Crippen LogP contribution in [0, 0.1) is 0 Å². The molecule has 2 aromatic heterocycles. The molecule has 2 aromatic rings. The van der Waals surface area contributed by atoms with Gasteiger partial charge in [-0.3, -0.25) is 0 Å². The van der Waals surface area contributed by atoms with Crippen molar-refractivity contribution in [3.8, 4) is 5.88 Å². The first kappa shape index (κ1) is 14.7. The van der Waals surface area contributed by atoms with E-state index in [9.17, 15) is 0 Å². The van der Waals surface area contributed by atoms with Crippen molar-refractivity contribution in [3.05, 3.63) is 34.5 Å². The summed E-state index contributed by atoms with van der Waals surface area (Å²) in [5, 5.41) is 5.46. The molecule has 108 valence electrons. The van der Waals surface area contributed by atoms with Crippen molar-refractivity contribution >= 4 is 22.8 Å². The summed E-state index contributed by atoms with van der Waals surface area (Å²) in [5.41, 5.74) is 6.44. The van der Waals surface area contributed by atoms with Crippen LogP contribution in [0.4, 0.5) is 11.5 Å². The third kappa shape index (κ3) is 3.42. The minimum Gasteiger partial charge on any atom is -0.476 e. The number of anilines is 2. The third-order valence-electron chi connectivity index (χ3n) is 3.07. The van der Waals surface area contributed by atoms with Gasteiger partial charge < -0.3 is 15.8 Å². The summed E-state index contributed by atoms with van der Waals surface area (Å²) < 4.78 is 5.41.